The molecule has 0 spiro atoms. The van der Waals surface area contributed by atoms with Crippen molar-refractivity contribution in [2.24, 2.45) is 0 Å². The molecular formula is C25H24N2O2. The van der Waals surface area contributed by atoms with Gasteiger partial charge in [-0.15, -0.1) is 0 Å². The van der Waals surface area contributed by atoms with Crippen LogP contribution in [0.1, 0.15) is 28.3 Å². The van der Waals surface area contributed by atoms with E-state index < -0.39 is 6.04 Å². The van der Waals surface area contributed by atoms with Crippen molar-refractivity contribution in [2.45, 2.75) is 26.8 Å². The summed E-state index contributed by atoms with van der Waals surface area (Å²) in [4.78, 5) is 30.2. The van der Waals surface area contributed by atoms with Gasteiger partial charge in [0.15, 0.2) is 0 Å². The second-order valence-corrected chi connectivity index (χ2v) is 7.61. The number of anilines is 2. The van der Waals surface area contributed by atoms with Crippen LogP contribution < -0.4 is 9.80 Å². The summed E-state index contributed by atoms with van der Waals surface area (Å²) >= 11 is 0. The fourth-order valence-corrected chi connectivity index (χ4v) is 3.73. The Hall–Kier alpha value is -3.40. The molecule has 29 heavy (non-hydrogen) atoms. The van der Waals surface area contributed by atoms with Gasteiger partial charge in [-0.05, 0) is 61.7 Å². The van der Waals surface area contributed by atoms with Crippen LogP contribution in [0.3, 0.4) is 0 Å². The molecule has 1 aliphatic rings. The number of rotatable bonds is 3. The van der Waals surface area contributed by atoms with Crippen LogP contribution in [0, 0.1) is 20.8 Å². The van der Waals surface area contributed by atoms with Gasteiger partial charge in [-0.25, -0.2) is 0 Å². The van der Waals surface area contributed by atoms with Gasteiger partial charge in [0.2, 0.25) is 5.91 Å². The molecule has 4 heteroatoms. The van der Waals surface area contributed by atoms with Crippen LogP contribution in [-0.2, 0) is 9.59 Å². The largest absolute Gasteiger partial charge is 0.301 e. The minimum Gasteiger partial charge on any atom is -0.301 e. The summed E-state index contributed by atoms with van der Waals surface area (Å²) in [5.41, 5.74) is 5.66. The summed E-state index contributed by atoms with van der Waals surface area (Å²) in [6.07, 6.45) is 0. The third kappa shape index (κ3) is 3.54. The zero-order chi connectivity index (χ0) is 20.5. The van der Waals surface area contributed by atoms with Crippen molar-refractivity contribution < 1.29 is 9.59 Å². The van der Waals surface area contributed by atoms with Crippen molar-refractivity contribution in [3.63, 3.8) is 0 Å². The van der Waals surface area contributed by atoms with Gasteiger partial charge in [0.1, 0.15) is 12.6 Å². The van der Waals surface area contributed by atoms with Gasteiger partial charge in [-0.1, -0.05) is 54.1 Å². The fourth-order valence-electron chi connectivity index (χ4n) is 3.73. The average Bonchev–Trinajstić information content (AvgIpc) is 2.72. The van der Waals surface area contributed by atoms with Gasteiger partial charge in [0.05, 0.1) is 0 Å². The van der Waals surface area contributed by atoms with Crippen LogP contribution in [0.5, 0.6) is 0 Å². The van der Waals surface area contributed by atoms with E-state index in [0.717, 1.165) is 33.6 Å². The average molecular weight is 384 g/mol. The summed E-state index contributed by atoms with van der Waals surface area (Å²) in [5, 5.41) is 0. The molecule has 1 aliphatic heterocycles. The first kappa shape index (κ1) is 18.9. The van der Waals surface area contributed by atoms with Crippen LogP contribution >= 0.6 is 0 Å². The molecule has 0 aliphatic carbocycles. The Morgan fingerprint density at radius 1 is 0.759 bits per heavy atom. The Labute approximate surface area is 171 Å². The minimum atomic E-state index is -0.694. The maximum absolute atomic E-state index is 13.6. The van der Waals surface area contributed by atoms with Gasteiger partial charge < -0.3 is 4.90 Å². The van der Waals surface area contributed by atoms with Crippen LogP contribution in [0.25, 0.3) is 0 Å². The highest BCUT2D eigenvalue weighted by atomic mass is 16.2. The number of carbonyl (C=O) groups excluding carboxylic acids is 2. The lowest BCUT2D eigenvalue weighted by Crippen LogP contribution is -2.56. The smallest absolute Gasteiger partial charge is 0.255 e. The summed E-state index contributed by atoms with van der Waals surface area (Å²) in [6.45, 7) is 6.08. The number of benzene rings is 3. The standard InChI is InChI=1S/C25H24N2O2/c1-17-9-12-21(13-10-17)26-16-23(28)27(22-14-11-18(2)19(3)15-22)24(25(26)29)20-7-5-4-6-8-20/h4-15,24H,16H2,1-3H3/t24-/m0/s1. The molecule has 1 saturated heterocycles. The first-order chi connectivity index (χ1) is 14.0. The Balaban J connectivity index is 1.81. The van der Waals surface area contributed by atoms with E-state index in [1.54, 1.807) is 9.80 Å². The third-order valence-corrected chi connectivity index (χ3v) is 5.55. The molecule has 1 fully saturated rings. The summed E-state index contributed by atoms with van der Waals surface area (Å²) in [7, 11) is 0. The third-order valence-electron chi connectivity index (χ3n) is 5.55. The van der Waals surface area contributed by atoms with E-state index in [4.69, 9.17) is 0 Å². The molecule has 0 N–H and O–H groups in total. The molecule has 146 valence electrons. The molecule has 0 saturated carbocycles. The normalized spacial score (nSPS) is 17.0. The Kier molecular flexibility index (Phi) is 4.93. The van der Waals surface area contributed by atoms with Gasteiger partial charge in [-0.3, -0.25) is 14.5 Å². The molecule has 0 bridgehead atoms. The zero-order valence-electron chi connectivity index (χ0n) is 16.9. The van der Waals surface area contributed by atoms with Crippen molar-refractivity contribution in [1.82, 2.24) is 0 Å². The molecule has 0 unspecified atom stereocenters. The second kappa shape index (κ2) is 7.55. The number of aryl methyl sites for hydroxylation is 3. The number of carbonyl (C=O) groups is 2. The van der Waals surface area contributed by atoms with E-state index in [9.17, 15) is 9.59 Å². The highest BCUT2D eigenvalue weighted by molar-refractivity contribution is 6.14. The molecule has 4 nitrogen and oxygen atoms in total. The number of piperazine rings is 1. The zero-order valence-corrected chi connectivity index (χ0v) is 16.9. The maximum Gasteiger partial charge on any atom is 0.255 e. The molecule has 1 heterocycles. The van der Waals surface area contributed by atoms with E-state index in [1.807, 2.05) is 93.6 Å². The van der Waals surface area contributed by atoms with Crippen molar-refractivity contribution >= 4 is 23.2 Å². The van der Waals surface area contributed by atoms with E-state index in [0.29, 0.717) is 0 Å². The van der Waals surface area contributed by atoms with Crippen LogP contribution in [-0.4, -0.2) is 18.4 Å². The molecule has 0 radical (unpaired) electrons. The lowest BCUT2D eigenvalue weighted by molar-refractivity contribution is -0.128. The lowest BCUT2D eigenvalue weighted by atomic mass is 9.98. The number of amides is 2. The summed E-state index contributed by atoms with van der Waals surface area (Å²) in [5.74, 6) is -0.194. The van der Waals surface area contributed by atoms with Crippen molar-refractivity contribution in [1.29, 1.82) is 0 Å². The summed E-state index contributed by atoms with van der Waals surface area (Å²) in [6, 6.07) is 22.4. The van der Waals surface area contributed by atoms with Crippen molar-refractivity contribution in [2.75, 3.05) is 16.3 Å². The topological polar surface area (TPSA) is 40.6 Å². The lowest BCUT2D eigenvalue weighted by Gasteiger charge is -2.40. The predicted octanol–water partition coefficient (Wildman–Crippen LogP) is 4.73. The number of nitrogens with zero attached hydrogens (tertiary/aromatic N) is 2. The predicted molar refractivity (Wildman–Crippen MR) is 116 cm³/mol. The van der Waals surface area contributed by atoms with Gasteiger partial charge in [0, 0.05) is 11.4 Å². The SMILES string of the molecule is Cc1ccc(N2CC(=O)N(c3ccc(C)c(C)c3)[C@@H](c3ccccc3)C2=O)cc1. The molecule has 3 aromatic carbocycles. The van der Waals surface area contributed by atoms with Crippen LogP contribution in [0.4, 0.5) is 11.4 Å². The number of hydrogen-bond donors (Lipinski definition) is 0. The second-order valence-electron chi connectivity index (χ2n) is 7.61. The quantitative estimate of drug-likeness (QED) is 0.655. The maximum atomic E-state index is 13.6. The Morgan fingerprint density at radius 3 is 2.07 bits per heavy atom. The van der Waals surface area contributed by atoms with E-state index in [-0.39, 0.29) is 18.4 Å². The van der Waals surface area contributed by atoms with E-state index in [1.165, 1.54) is 0 Å². The van der Waals surface area contributed by atoms with Gasteiger partial charge in [0.25, 0.3) is 5.91 Å². The molecule has 4 rings (SSSR count). The monoisotopic (exact) mass is 384 g/mol. The van der Waals surface area contributed by atoms with Gasteiger partial charge >= 0.3 is 0 Å². The Bertz CT molecular complexity index is 1060. The highest BCUT2D eigenvalue weighted by Crippen LogP contribution is 2.35. The molecular weight excluding hydrogens is 360 g/mol. The molecule has 1 atom stereocenters. The molecule has 0 aromatic heterocycles. The van der Waals surface area contributed by atoms with Gasteiger partial charge in [-0.2, -0.15) is 0 Å². The van der Waals surface area contributed by atoms with E-state index in [2.05, 4.69) is 0 Å². The first-order valence-corrected chi connectivity index (χ1v) is 9.78. The fraction of sp³-hybridized carbons (Fsp3) is 0.200. The number of hydrogen-bond acceptors (Lipinski definition) is 2. The minimum absolute atomic E-state index is 0.0259. The van der Waals surface area contributed by atoms with E-state index >= 15 is 0 Å². The molecule has 3 aromatic rings. The molecule has 2 amide bonds. The summed E-state index contributed by atoms with van der Waals surface area (Å²) < 4.78 is 0. The van der Waals surface area contributed by atoms with Crippen LogP contribution in [0.15, 0.2) is 72.8 Å². The first-order valence-electron chi connectivity index (χ1n) is 9.78. The Morgan fingerprint density at radius 2 is 1.41 bits per heavy atom. The highest BCUT2D eigenvalue weighted by Gasteiger charge is 2.41. The van der Waals surface area contributed by atoms with Crippen LogP contribution in [0.2, 0.25) is 0 Å². The van der Waals surface area contributed by atoms with Crippen molar-refractivity contribution in [3.05, 3.63) is 95.1 Å². The van der Waals surface area contributed by atoms with Crippen molar-refractivity contribution in [3.8, 4) is 0 Å².